The lowest BCUT2D eigenvalue weighted by Gasteiger charge is -2.33. The molecule has 2 aliphatic heterocycles. The zero-order chi connectivity index (χ0) is 20.9. The van der Waals surface area contributed by atoms with E-state index < -0.39 is 0 Å². The Bertz CT molecular complexity index is 856. The number of halogens is 1. The van der Waals surface area contributed by atoms with Gasteiger partial charge in [0.1, 0.15) is 5.75 Å². The van der Waals surface area contributed by atoms with Crippen LogP contribution in [0, 0.1) is 5.92 Å². The minimum absolute atomic E-state index is 0.171. The summed E-state index contributed by atoms with van der Waals surface area (Å²) in [5.41, 5.74) is 2.19. The number of nitrogens with zero attached hydrogens (tertiary/aromatic N) is 2. The van der Waals surface area contributed by atoms with E-state index in [1.54, 1.807) is 0 Å². The van der Waals surface area contributed by atoms with E-state index in [4.69, 9.17) is 16.3 Å². The maximum atomic E-state index is 12.4. The zero-order valence-electron chi connectivity index (χ0n) is 17.4. The molecule has 2 aliphatic rings. The van der Waals surface area contributed by atoms with Crippen molar-refractivity contribution in [3.05, 3.63) is 59.1 Å². The minimum atomic E-state index is 0.171. The van der Waals surface area contributed by atoms with Crippen molar-refractivity contribution in [3.63, 3.8) is 0 Å². The number of carbonyl (C=O) groups is 1. The molecule has 2 heterocycles. The Morgan fingerprint density at radius 3 is 2.63 bits per heavy atom. The van der Waals surface area contributed by atoms with Gasteiger partial charge < -0.3 is 14.5 Å². The van der Waals surface area contributed by atoms with Crippen molar-refractivity contribution in [2.24, 2.45) is 5.92 Å². The van der Waals surface area contributed by atoms with E-state index in [-0.39, 0.29) is 5.24 Å². The van der Waals surface area contributed by atoms with Crippen molar-refractivity contribution < 1.29 is 9.53 Å². The first-order valence-electron chi connectivity index (χ1n) is 10.8. The molecule has 0 spiro atoms. The molecule has 2 saturated heterocycles. The highest BCUT2D eigenvalue weighted by atomic mass is 35.5. The smallest absolute Gasteiger partial charge is 0.286 e. The van der Waals surface area contributed by atoms with Gasteiger partial charge in [-0.25, -0.2) is 0 Å². The van der Waals surface area contributed by atoms with Crippen LogP contribution in [0.3, 0.4) is 0 Å². The van der Waals surface area contributed by atoms with E-state index in [2.05, 4.69) is 11.0 Å². The van der Waals surface area contributed by atoms with Crippen molar-refractivity contribution >= 4 is 34.3 Å². The van der Waals surface area contributed by atoms with Crippen LogP contribution < -0.4 is 9.64 Å². The largest absolute Gasteiger partial charge is 0.494 e. The highest BCUT2D eigenvalue weighted by molar-refractivity contribution is 8.14. The predicted molar refractivity (Wildman–Crippen MR) is 126 cm³/mol. The molecule has 0 radical (unpaired) electrons. The molecule has 6 heteroatoms. The first kappa shape index (κ1) is 21.5. The molecule has 4 rings (SSSR count). The molecule has 4 nitrogen and oxygen atoms in total. The molecule has 0 saturated carbocycles. The van der Waals surface area contributed by atoms with Gasteiger partial charge in [-0.2, -0.15) is 0 Å². The van der Waals surface area contributed by atoms with Gasteiger partial charge in [0, 0.05) is 29.0 Å². The molecule has 1 atom stereocenters. The predicted octanol–water partition coefficient (Wildman–Crippen LogP) is 5.74. The maximum absolute atomic E-state index is 12.4. The Kier molecular flexibility index (Phi) is 7.24. The lowest BCUT2D eigenvalue weighted by molar-refractivity contribution is 0.185. The molecule has 0 bridgehead atoms. The summed E-state index contributed by atoms with van der Waals surface area (Å²) in [4.78, 5) is 16.9. The van der Waals surface area contributed by atoms with Gasteiger partial charge in [0.05, 0.1) is 6.61 Å². The van der Waals surface area contributed by atoms with Gasteiger partial charge in [-0.3, -0.25) is 4.79 Å². The second-order valence-corrected chi connectivity index (χ2v) is 9.75. The number of amides is 1. The quantitative estimate of drug-likeness (QED) is 0.545. The summed E-state index contributed by atoms with van der Waals surface area (Å²) in [6.07, 6.45) is 3.35. The van der Waals surface area contributed by atoms with E-state index >= 15 is 0 Å². The third-order valence-corrected chi connectivity index (χ3v) is 7.37. The summed E-state index contributed by atoms with van der Waals surface area (Å²) in [7, 11) is 0. The van der Waals surface area contributed by atoms with Crippen molar-refractivity contribution in [3.8, 4) is 5.75 Å². The third-order valence-electron chi connectivity index (χ3n) is 5.95. The third kappa shape index (κ3) is 5.32. The van der Waals surface area contributed by atoms with Gasteiger partial charge in [0.2, 0.25) is 0 Å². The molecular formula is C24H29ClN2O2S. The number of para-hydroxylation sites is 1. The van der Waals surface area contributed by atoms with Gasteiger partial charge in [0.25, 0.3) is 5.24 Å². The molecule has 2 aromatic carbocycles. The molecule has 1 amide bonds. The average Bonchev–Trinajstić information content (AvgIpc) is 3.13. The van der Waals surface area contributed by atoms with Crippen LogP contribution in [-0.2, 0) is 6.42 Å². The van der Waals surface area contributed by atoms with Gasteiger partial charge in [-0.05, 0) is 81.1 Å². The first-order chi connectivity index (χ1) is 14.6. The number of piperidine rings is 1. The monoisotopic (exact) mass is 444 g/mol. The standard InChI is InChI=1S/C24H29ClN2O2S/c1-2-29-21-8-9-23(25)19(15-21)14-18-10-12-26(13-11-18)16-22-17-27(24(28)30-22)20-6-4-3-5-7-20/h3-9,15,18,22H,2,10-14,16-17H2,1H3. The lowest BCUT2D eigenvalue weighted by atomic mass is 9.90. The normalized spacial score (nSPS) is 20.7. The number of carbonyl (C=O) groups excluding carboxylic acids is 1. The number of hydrogen-bond donors (Lipinski definition) is 0. The van der Waals surface area contributed by atoms with Crippen LogP contribution in [0.4, 0.5) is 10.5 Å². The number of benzene rings is 2. The van der Waals surface area contributed by atoms with Crippen LogP contribution in [0.5, 0.6) is 5.75 Å². The van der Waals surface area contributed by atoms with Gasteiger partial charge in [0.15, 0.2) is 0 Å². The SMILES string of the molecule is CCOc1ccc(Cl)c(CC2CCN(CC3CN(c4ccccc4)C(=O)S3)CC2)c1. The molecular weight excluding hydrogens is 416 g/mol. The Balaban J connectivity index is 1.26. The topological polar surface area (TPSA) is 32.8 Å². The number of rotatable bonds is 7. The first-order valence-corrected chi connectivity index (χ1v) is 12.0. The van der Waals surface area contributed by atoms with Crippen molar-refractivity contribution in [1.82, 2.24) is 4.90 Å². The molecule has 0 aromatic heterocycles. The summed E-state index contributed by atoms with van der Waals surface area (Å²) in [6, 6.07) is 16.0. The van der Waals surface area contributed by atoms with Crippen LogP contribution in [0.1, 0.15) is 25.3 Å². The number of likely N-dealkylation sites (tertiary alicyclic amines) is 1. The molecule has 1 unspecified atom stereocenters. The molecule has 30 heavy (non-hydrogen) atoms. The summed E-state index contributed by atoms with van der Waals surface area (Å²) >= 11 is 7.92. The molecule has 160 valence electrons. The van der Waals surface area contributed by atoms with Crippen LogP contribution in [0.2, 0.25) is 5.02 Å². The Labute approximate surface area is 188 Å². The van der Waals surface area contributed by atoms with E-state index in [0.717, 1.165) is 49.1 Å². The Morgan fingerprint density at radius 2 is 1.90 bits per heavy atom. The number of hydrogen-bond acceptors (Lipinski definition) is 4. The molecule has 0 N–H and O–H groups in total. The number of thioether (sulfide) groups is 1. The number of ether oxygens (including phenoxy) is 1. The fourth-order valence-corrected chi connectivity index (χ4v) is 5.67. The highest BCUT2D eigenvalue weighted by Crippen LogP contribution is 2.32. The van der Waals surface area contributed by atoms with Crippen molar-refractivity contribution in [2.45, 2.75) is 31.4 Å². The summed E-state index contributed by atoms with van der Waals surface area (Å²) < 4.78 is 5.63. The maximum Gasteiger partial charge on any atom is 0.286 e. The summed E-state index contributed by atoms with van der Waals surface area (Å²) in [5, 5.41) is 1.35. The Hall–Kier alpha value is -1.69. The van der Waals surface area contributed by atoms with Crippen LogP contribution in [-0.4, -0.2) is 48.2 Å². The second-order valence-electron chi connectivity index (χ2n) is 8.09. The van der Waals surface area contributed by atoms with E-state index in [9.17, 15) is 4.79 Å². The minimum Gasteiger partial charge on any atom is -0.494 e. The lowest BCUT2D eigenvalue weighted by Crippen LogP contribution is -2.39. The summed E-state index contributed by atoms with van der Waals surface area (Å²) in [6.45, 7) is 6.62. The molecule has 2 aromatic rings. The Morgan fingerprint density at radius 1 is 1.13 bits per heavy atom. The van der Waals surface area contributed by atoms with Crippen molar-refractivity contribution in [1.29, 1.82) is 0 Å². The summed E-state index contributed by atoms with van der Waals surface area (Å²) in [5.74, 6) is 1.55. The van der Waals surface area contributed by atoms with Gasteiger partial charge in [-0.1, -0.05) is 41.6 Å². The second kappa shape index (κ2) is 10.1. The van der Waals surface area contributed by atoms with E-state index in [1.807, 2.05) is 54.3 Å². The van der Waals surface area contributed by atoms with Crippen LogP contribution in [0.25, 0.3) is 0 Å². The zero-order valence-corrected chi connectivity index (χ0v) is 19.0. The number of anilines is 1. The highest BCUT2D eigenvalue weighted by Gasteiger charge is 2.33. The van der Waals surface area contributed by atoms with Crippen LogP contribution >= 0.6 is 23.4 Å². The van der Waals surface area contributed by atoms with Crippen molar-refractivity contribution in [2.75, 3.05) is 37.7 Å². The van der Waals surface area contributed by atoms with Crippen LogP contribution in [0.15, 0.2) is 48.5 Å². The average molecular weight is 445 g/mol. The van der Waals surface area contributed by atoms with Gasteiger partial charge in [-0.15, -0.1) is 0 Å². The fraction of sp³-hybridized carbons (Fsp3) is 0.458. The van der Waals surface area contributed by atoms with E-state index in [1.165, 1.54) is 30.2 Å². The molecule has 2 fully saturated rings. The van der Waals surface area contributed by atoms with E-state index in [0.29, 0.717) is 17.8 Å². The van der Waals surface area contributed by atoms with Gasteiger partial charge >= 0.3 is 0 Å². The fourth-order valence-electron chi connectivity index (χ4n) is 4.37. The molecule has 0 aliphatic carbocycles.